The largest absolute Gasteiger partial charge is 0.456 e. The molecular formula is C60H43NOSi. The molecule has 3 heteroatoms. The molecule has 0 aliphatic carbocycles. The van der Waals surface area contributed by atoms with E-state index >= 15 is 0 Å². The quantitative estimate of drug-likeness (QED) is 0.101. The van der Waals surface area contributed by atoms with Crippen molar-refractivity contribution >= 4 is 67.8 Å². The zero-order valence-corrected chi connectivity index (χ0v) is 35.7. The fraction of sp³-hybridized carbons (Fsp3) is 0. The molecule has 1 aromatic heterocycles. The van der Waals surface area contributed by atoms with Gasteiger partial charge < -0.3 is 9.32 Å². The smallest absolute Gasteiger partial charge is 0.179 e. The van der Waals surface area contributed by atoms with E-state index in [1.807, 2.05) is 12.1 Å². The summed E-state index contributed by atoms with van der Waals surface area (Å²) in [5.74, 6) is 0. The van der Waals surface area contributed by atoms with Crippen LogP contribution in [-0.2, 0) is 0 Å². The summed E-state index contributed by atoms with van der Waals surface area (Å²) < 4.78 is 6.13. The number of para-hydroxylation sites is 1. The predicted molar refractivity (Wildman–Crippen MR) is 268 cm³/mol. The van der Waals surface area contributed by atoms with Crippen LogP contribution in [0.5, 0.6) is 0 Å². The average molecular weight is 822 g/mol. The lowest BCUT2D eigenvalue weighted by Gasteiger charge is -2.34. The molecule has 0 radical (unpaired) electrons. The third-order valence-corrected chi connectivity index (χ3v) is 17.3. The minimum absolute atomic E-state index is 0.905. The highest BCUT2D eigenvalue weighted by Gasteiger charge is 2.41. The second-order valence-electron chi connectivity index (χ2n) is 16.1. The van der Waals surface area contributed by atoms with Crippen molar-refractivity contribution in [1.82, 2.24) is 0 Å². The lowest BCUT2D eigenvalue weighted by atomic mass is 10.0. The second kappa shape index (κ2) is 16.5. The first-order chi connectivity index (χ1) is 31.2. The maximum absolute atomic E-state index is 6.13. The Bertz CT molecular complexity index is 3180. The first kappa shape index (κ1) is 38.0. The average Bonchev–Trinajstić information content (AvgIpc) is 3.75. The number of anilines is 3. The first-order valence-corrected chi connectivity index (χ1v) is 23.6. The zero-order chi connectivity index (χ0) is 42.0. The van der Waals surface area contributed by atoms with Crippen molar-refractivity contribution in [2.45, 2.75) is 0 Å². The van der Waals surface area contributed by atoms with Crippen molar-refractivity contribution in [2.24, 2.45) is 0 Å². The number of benzene rings is 10. The Morgan fingerprint density at radius 1 is 0.254 bits per heavy atom. The van der Waals surface area contributed by atoms with Crippen LogP contribution in [0.3, 0.4) is 0 Å². The number of furan rings is 1. The van der Waals surface area contributed by atoms with Gasteiger partial charge in [-0.1, -0.05) is 206 Å². The molecule has 11 aromatic rings. The SMILES string of the molecule is c1ccc(-c2ccc(N(c3ccc(-c4ccc([Si](c5ccccc5)(c5ccccc5)c5ccccc5)cc4)cc3)c3ccc(-c4ccc5oc6ccccc6c5c4)cc3)cc2)cc1. The number of fused-ring (bicyclic) bond motifs is 3. The van der Waals surface area contributed by atoms with Gasteiger partial charge in [-0.25, -0.2) is 0 Å². The Hall–Kier alpha value is -7.98. The Morgan fingerprint density at radius 2 is 0.587 bits per heavy atom. The Morgan fingerprint density at radius 3 is 1.06 bits per heavy atom. The van der Waals surface area contributed by atoms with Crippen molar-refractivity contribution in [3.63, 3.8) is 0 Å². The molecule has 0 N–H and O–H groups in total. The number of nitrogens with zero attached hydrogens (tertiary/aromatic N) is 1. The highest BCUT2D eigenvalue weighted by atomic mass is 28.3. The number of hydrogen-bond acceptors (Lipinski definition) is 2. The molecule has 11 rings (SSSR count). The van der Waals surface area contributed by atoms with Crippen LogP contribution in [0.2, 0.25) is 0 Å². The molecule has 0 bridgehead atoms. The molecule has 0 amide bonds. The van der Waals surface area contributed by atoms with Crippen LogP contribution in [0, 0.1) is 0 Å². The molecular weight excluding hydrogens is 779 g/mol. The maximum Gasteiger partial charge on any atom is 0.179 e. The van der Waals surface area contributed by atoms with E-state index in [0.717, 1.165) is 50.1 Å². The topological polar surface area (TPSA) is 16.4 Å². The first-order valence-electron chi connectivity index (χ1n) is 21.6. The maximum atomic E-state index is 6.13. The third kappa shape index (κ3) is 7.05. The summed E-state index contributed by atoms with van der Waals surface area (Å²) in [7, 11) is -2.61. The van der Waals surface area contributed by atoms with E-state index in [-0.39, 0.29) is 0 Å². The van der Waals surface area contributed by atoms with Gasteiger partial charge >= 0.3 is 0 Å². The molecule has 0 aliphatic rings. The minimum Gasteiger partial charge on any atom is -0.456 e. The van der Waals surface area contributed by atoms with Crippen LogP contribution in [0.4, 0.5) is 17.1 Å². The number of hydrogen-bond donors (Lipinski definition) is 0. The van der Waals surface area contributed by atoms with Gasteiger partial charge in [0.15, 0.2) is 8.07 Å². The summed E-state index contributed by atoms with van der Waals surface area (Å²) in [5.41, 5.74) is 12.2. The van der Waals surface area contributed by atoms with E-state index < -0.39 is 8.07 Å². The van der Waals surface area contributed by atoms with Gasteiger partial charge in [0, 0.05) is 27.8 Å². The highest BCUT2D eigenvalue weighted by Crippen LogP contribution is 2.39. The van der Waals surface area contributed by atoms with E-state index in [9.17, 15) is 0 Å². The summed E-state index contributed by atoms with van der Waals surface area (Å²) in [6.07, 6.45) is 0. The fourth-order valence-electron chi connectivity index (χ4n) is 9.37. The predicted octanol–water partition coefficient (Wildman–Crippen LogP) is 13.4. The summed E-state index contributed by atoms with van der Waals surface area (Å²) in [4.78, 5) is 2.34. The van der Waals surface area contributed by atoms with Gasteiger partial charge in [-0.05, 0) is 109 Å². The van der Waals surface area contributed by atoms with E-state index in [4.69, 9.17) is 4.42 Å². The van der Waals surface area contributed by atoms with Gasteiger partial charge in [0.2, 0.25) is 0 Å². The zero-order valence-electron chi connectivity index (χ0n) is 34.7. The fourth-order valence-corrected chi connectivity index (χ4v) is 14.1. The number of rotatable bonds is 10. The van der Waals surface area contributed by atoms with Crippen molar-refractivity contribution in [3.8, 4) is 33.4 Å². The Balaban J connectivity index is 0.951. The van der Waals surface area contributed by atoms with Crippen LogP contribution < -0.4 is 25.6 Å². The normalized spacial score (nSPS) is 11.5. The van der Waals surface area contributed by atoms with Crippen molar-refractivity contribution < 1.29 is 4.42 Å². The van der Waals surface area contributed by atoms with Gasteiger partial charge in [0.25, 0.3) is 0 Å². The van der Waals surface area contributed by atoms with Gasteiger partial charge in [0.05, 0.1) is 0 Å². The molecule has 298 valence electrons. The molecule has 1 heterocycles. The highest BCUT2D eigenvalue weighted by molar-refractivity contribution is 7.19. The summed E-state index contributed by atoms with van der Waals surface area (Å²) >= 11 is 0. The molecule has 0 saturated carbocycles. The van der Waals surface area contributed by atoms with E-state index in [2.05, 4.69) is 254 Å². The van der Waals surface area contributed by atoms with Crippen LogP contribution >= 0.6 is 0 Å². The Labute approximate surface area is 369 Å². The van der Waals surface area contributed by atoms with Gasteiger partial charge in [-0.15, -0.1) is 0 Å². The van der Waals surface area contributed by atoms with E-state index in [0.29, 0.717) is 0 Å². The summed E-state index contributed by atoms with van der Waals surface area (Å²) in [6, 6.07) is 94.8. The van der Waals surface area contributed by atoms with E-state index in [1.165, 1.54) is 43.0 Å². The molecule has 0 spiro atoms. The molecule has 0 aliphatic heterocycles. The molecule has 0 unspecified atom stereocenters. The molecule has 63 heavy (non-hydrogen) atoms. The molecule has 0 saturated heterocycles. The lowest BCUT2D eigenvalue weighted by Crippen LogP contribution is -2.74. The van der Waals surface area contributed by atoms with Crippen LogP contribution in [0.25, 0.3) is 55.3 Å². The van der Waals surface area contributed by atoms with Gasteiger partial charge in [0.1, 0.15) is 11.2 Å². The van der Waals surface area contributed by atoms with Crippen molar-refractivity contribution in [1.29, 1.82) is 0 Å². The van der Waals surface area contributed by atoms with Crippen LogP contribution in [0.1, 0.15) is 0 Å². The standard InChI is InChI=1S/C60H43NOSi/c1-5-15-44(16-6-1)45-25-34-50(35-26-45)61(52-38-29-48(30-39-52)49-33-42-60-58(43-49)57-23-13-14-24-59(57)62-60)51-36-27-46(28-37-51)47-31-40-56(41-32-47)63(53-17-7-2-8-18-53,54-19-9-3-10-20-54)55-21-11-4-12-22-55/h1-43H. The third-order valence-electron chi connectivity index (χ3n) is 12.5. The van der Waals surface area contributed by atoms with Crippen molar-refractivity contribution in [2.75, 3.05) is 4.90 Å². The molecule has 0 fully saturated rings. The summed E-state index contributed by atoms with van der Waals surface area (Å²) in [5, 5.41) is 7.74. The summed E-state index contributed by atoms with van der Waals surface area (Å²) in [6.45, 7) is 0. The lowest BCUT2D eigenvalue weighted by molar-refractivity contribution is 0.669. The van der Waals surface area contributed by atoms with Gasteiger partial charge in [-0.2, -0.15) is 0 Å². The van der Waals surface area contributed by atoms with E-state index in [1.54, 1.807) is 0 Å². The van der Waals surface area contributed by atoms with Crippen LogP contribution in [0.15, 0.2) is 265 Å². The second-order valence-corrected chi connectivity index (χ2v) is 19.9. The van der Waals surface area contributed by atoms with Crippen molar-refractivity contribution in [3.05, 3.63) is 261 Å². The molecule has 0 atom stereocenters. The Kier molecular flexibility index (Phi) is 9.93. The van der Waals surface area contributed by atoms with Crippen LogP contribution in [-0.4, -0.2) is 8.07 Å². The molecule has 10 aromatic carbocycles. The van der Waals surface area contributed by atoms with Gasteiger partial charge in [-0.3, -0.25) is 0 Å². The monoisotopic (exact) mass is 821 g/mol. The minimum atomic E-state index is -2.61. The molecule has 2 nitrogen and oxygen atoms in total.